The predicted octanol–water partition coefficient (Wildman–Crippen LogP) is 6.49. The van der Waals surface area contributed by atoms with E-state index in [1.54, 1.807) is 0 Å². The van der Waals surface area contributed by atoms with Gasteiger partial charge in [0, 0.05) is 24.9 Å². The minimum atomic E-state index is 0.129. The first kappa shape index (κ1) is 28.8. The van der Waals surface area contributed by atoms with E-state index in [4.69, 9.17) is 28.8 Å². The van der Waals surface area contributed by atoms with E-state index in [9.17, 15) is 0 Å². The first-order chi connectivity index (χ1) is 20.7. The van der Waals surface area contributed by atoms with Gasteiger partial charge in [0.15, 0.2) is 0 Å². The fraction of sp³-hybridized carbons (Fsp3) is 0.444. The van der Waals surface area contributed by atoms with Gasteiger partial charge in [-0.05, 0) is 72.2 Å². The Morgan fingerprint density at radius 2 is 1.55 bits per heavy atom. The van der Waals surface area contributed by atoms with E-state index >= 15 is 0 Å². The van der Waals surface area contributed by atoms with Crippen LogP contribution in [0.1, 0.15) is 49.1 Å². The molecule has 2 aromatic rings. The van der Waals surface area contributed by atoms with Crippen LogP contribution in [0.25, 0.3) is 0 Å². The highest BCUT2D eigenvalue weighted by Crippen LogP contribution is 2.49. The van der Waals surface area contributed by atoms with Crippen molar-refractivity contribution >= 4 is 0 Å². The molecule has 2 aliphatic heterocycles. The van der Waals surface area contributed by atoms with Gasteiger partial charge in [-0.15, -0.1) is 0 Å². The Morgan fingerprint density at radius 1 is 0.881 bits per heavy atom. The van der Waals surface area contributed by atoms with Crippen LogP contribution in [0.3, 0.4) is 0 Å². The minimum absolute atomic E-state index is 0.129. The summed E-state index contributed by atoms with van der Waals surface area (Å²) in [6.07, 6.45) is 16.7. The first-order valence-electron chi connectivity index (χ1n) is 15.4. The SMILES string of the molecule is CC1C=C(OC[C@H]2CO2)C=CC1C(c1ccc(OCC2CO2)cc1)C(C1=CC=CCC1)c1ccc(OCCCO)cc1. The molecule has 2 aromatic carbocycles. The summed E-state index contributed by atoms with van der Waals surface area (Å²) in [6, 6.07) is 17.3. The van der Waals surface area contributed by atoms with Crippen molar-refractivity contribution in [3.05, 3.63) is 107 Å². The van der Waals surface area contributed by atoms with Crippen LogP contribution in [0.5, 0.6) is 11.5 Å². The van der Waals surface area contributed by atoms with Crippen molar-refractivity contribution in [3.63, 3.8) is 0 Å². The Hall–Kier alpha value is -3.32. The highest BCUT2D eigenvalue weighted by atomic mass is 16.6. The largest absolute Gasteiger partial charge is 0.494 e. The maximum atomic E-state index is 9.14. The number of hydrogen-bond acceptors (Lipinski definition) is 6. The van der Waals surface area contributed by atoms with Crippen LogP contribution in [0, 0.1) is 11.8 Å². The Bertz CT molecular complexity index is 1280. The van der Waals surface area contributed by atoms with Crippen molar-refractivity contribution in [2.45, 2.75) is 50.2 Å². The molecule has 42 heavy (non-hydrogen) atoms. The number of ether oxygens (including phenoxy) is 5. The molecule has 222 valence electrons. The minimum Gasteiger partial charge on any atom is -0.494 e. The number of aliphatic hydroxyl groups is 1. The predicted molar refractivity (Wildman–Crippen MR) is 163 cm³/mol. The van der Waals surface area contributed by atoms with Crippen molar-refractivity contribution in [3.8, 4) is 11.5 Å². The van der Waals surface area contributed by atoms with Gasteiger partial charge < -0.3 is 28.8 Å². The van der Waals surface area contributed by atoms with Gasteiger partial charge in [-0.1, -0.05) is 61.1 Å². The lowest BCUT2D eigenvalue weighted by atomic mass is 9.65. The lowest BCUT2D eigenvalue weighted by Crippen LogP contribution is -2.27. The molecule has 1 N–H and O–H groups in total. The second-order valence-electron chi connectivity index (χ2n) is 11.7. The molecule has 0 aromatic heterocycles. The van der Waals surface area contributed by atoms with Crippen LogP contribution in [-0.4, -0.2) is 57.0 Å². The molecule has 6 atom stereocenters. The van der Waals surface area contributed by atoms with Crippen LogP contribution in [0.15, 0.2) is 96.3 Å². The molecule has 0 spiro atoms. The number of benzene rings is 2. The highest BCUT2D eigenvalue weighted by molar-refractivity contribution is 5.43. The van der Waals surface area contributed by atoms with Crippen LogP contribution in [0.2, 0.25) is 0 Å². The zero-order valence-electron chi connectivity index (χ0n) is 24.4. The van der Waals surface area contributed by atoms with Gasteiger partial charge in [0.2, 0.25) is 0 Å². The summed E-state index contributed by atoms with van der Waals surface area (Å²) < 4.78 is 28.6. The monoisotopic (exact) mass is 570 g/mol. The molecule has 5 unspecified atom stereocenters. The molecular weight excluding hydrogens is 528 g/mol. The van der Waals surface area contributed by atoms with Gasteiger partial charge in [0.25, 0.3) is 0 Å². The van der Waals surface area contributed by atoms with Crippen molar-refractivity contribution < 1.29 is 28.8 Å². The van der Waals surface area contributed by atoms with Crippen molar-refractivity contribution in [2.24, 2.45) is 11.8 Å². The number of epoxide rings is 2. The fourth-order valence-electron chi connectivity index (χ4n) is 6.04. The maximum Gasteiger partial charge on any atom is 0.119 e. The Balaban J connectivity index is 1.32. The van der Waals surface area contributed by atoms with Crippen LogP contribution in [-0.2, 0) is 14.2 Å². The molecule has 2 saturated heterocycles. The van der Waals surface area contributed by atoms with Crippen molar-refractivity contribution in [1.29, 1.82) is 0 Å². The number of allylic oxidation sites excluding steroid dienone is 7. The van der Waals surface area contributed by atoms with Crippen molar-refractivity contribution in [2.75, 3.05) is 39.6 Å². The summed E-state index contributed by atoms with van der Waals surface area (Å²) in [4.78, 5) is 0. The fourth-order valence-corrected chi connectivity index (χ4v) is 6.04. The Labute approximate surface area is 249 Å². The summed E-state index contributed by atoms with van der Waals surface area (Å²) in [5.41, 5.74) is 4.01. The molecule has 6 rings (SSSR count). The average molecular weight is 571 g/mol. The molecule has 4 aliphatic rings. The number of aliphatic hydroxyl groups excluding tert-OH is 1. The molecular formula is C36H42O6. The molecule has 6 nitrogen and oxygen atoms in total. The lowest BCUT2D eigenvalue weighted by Gasteiger charge is -2.39. The van der Waals surface area contributed by atoms with Gasteiger partial charge in [-0.25, -0.2) is 0 Å². The summed E-state index contributed by atoms with van der Waals surface area (Å²) in [6.45, 7) is 5.72. The molecule has 0 radical (unpaired) electrons. The summed E-state index contributed by atoms with van der Waals surface area (Å²) in [7, 11) is 0. The van der Waals surface area contributed by atoms with Gasteiger partial charge in [0.05, 0.1) is 19.8 Å². The quantitative estimate of drug-likeness (QED) is 0.195. The van der Waals surface area contributed by atoms with Gasteiger partial charge in [0.1, 0.15) is 42.7 Å². The Morgan fingerprint density at radius 3 is 2.17 bits per heavy atom. The Kier molecular flexibility index (Phi) is 9.44. The van der Waals surface area contributed by atoms with E-state index in [2.05, 4.69) is 91.9 Å². The smallest absolute Gasteiger partial charge is 0.119 e. The van der Waals surface area contributed by atoms with E-state index in [1.165, 1.54) is 16.7 Å². The zero-order chi connectivity index (χ0) is 28.7. The summed E-state index contributed by atoms with van der Waals surface area (Å²) >= 11 is 0. The molecule has 2 fully saturated rings. The molecule has 2 aliphatic carbocycles. The number of rotatable bonds is 15. The third-order valence-electron chi connectivity index (χ3n) is 8.49. The van der Waals surface area contributed by atoms with Gasteiger partial charge in [-0.2, -0.15) is 0 Å². The van der Waals surface area contributed by atoms with Gasteiger partial charge >= 0.3 is 0 Å². The standard InChI is InChI=1S/C36H42O6/c1-25-20-31(40-22-33-24-42-33)16-17-34(25)36(28-10-14-30(15-11-28)39-21-32-23-41-32)35(26-6-3-2-4-7-26)27-8-12-29(13-9-27)38-19-5-18-37/h2-3,6,8-17,20,25,32-37H,4-5,7,18-19,21-24H2,1H3/t25?,32?,33-,34?,35?,36?/m0/s1. The van der Waals surface area contributed by atoms with E-state index in [1.807, 2.05) is 0 Å². The second kappa shape index (κ2) is 13.8. The topological polar surface area (TPSA) is 73.0 Å². The van der Waals surface area contributed by atoms with E-state index in [0.717, 1.165) is 43.3 Å². The molecule has 2 heterocycles. The lowest BCUT2D eigenvalue weighted by molar-refractivity contribution is 0.187. The molecule has 0 saturated carbocycles. The van der Waals surface area contributed by atoms with Crippen LogP contribution in [0.4, 0.5) is 0 Å². The van der Waals surface area contributed by atoms with Crippen molar-refractivity contribution in [1.82, 2.24) is 0 Å². The van der Waals surface area contributed by atoms with Crippen LogP contribution < -0.4 is 9.47 Å². The first-order valence-corrected chi connectivity index (χ1v) is 15.4. The normalized spacial score (nSPS) is 25.7. The molecule has 0 amide bonds. The van der Waals surface area contributed by atoms with E-state index in [0.29, 0.717) is 26.2 Å². The highest BCUT2D eigenvalue weighted by Gasteiger charge is 2.37. The van der Waals surface area contributed by atoms with Crippen LogP contribution >= 0.6 is 0 Å². The third-order valence-corrected chi connectivity index (χ3v) is 8.49. The third kappa shape index (κ3) is 7.54. The van der Waals surface area contributed by atoms with E-state index < -0.39 is 0 Å². The molecule has 0 bridgehead atoms. The molecule has 6 heteroatoms. The van der Waals surface area contributed by atoms with E-state index in [-0.39, 0.29) is 42.5 Å². The second-order valence-corrected chi connectivity index (χ2v) is 11.7. The van der Waals surface area contributed by atoms with Gasteiger partial charge in [-0.3, -0.25) is 0 Å². The summed E-state index contributed by atoms with van der Waals surface area (Å²) in [5.74, 6) is 3.55. The number of hydrogen-bond donors (Lipinski definition) is 1. The zero-order valence-corrected chi connectivity index (χ0v) is 24.4. The maximum absolute atomic E-state index is 9.14. The summed E-state index contributed by atoms with van der Waals surface area (Å²) in [5, 5.41) is 9.14. The average Bonchev–Trinajstić information content (AvgIpc) is 3.96.